The quantitative estimate of drug-likeness (QED) is 0.616. The van der Waals surface area contributed by atoms with Crippen LogP contribution in [-0.4, -0.2) is 46.4 Å². The van der Waals surface area contributed by atoms with Gasteiger partial charge in [0, 0.05) is 6.54 Å². The van der Waals surface area contributed by atoms with Crippen molar-refractivity contribution in [2.24, 2.45) is 0 Å². The zero-order valence-corrected chi connectivity index (χ0v) is 18.2. The molecule has 0 aromatic heterocycles. The molecule has 1 aliphatic rings. The van der Waals surface area contributed by atoms with E-state index in [1.54, 1.807) is 24.3 Å². The number of hydrogen-bond acceptors (Lipinski definition) is 5. The summed E-state index contributed by atoms with van der Waals surface area (Å²) in [4.78, 5) is 12.6. The Bertz CT molecular complexity index is 977. The molecule has 0 saturated carbocycles. The molecule has 1 amide bonds. The first-order valence-electron chi connectivity index (χ1n) is 10.1. The van der Waals surface area contributed by atoms with Gasteiger partial charge < -0.3 is 14.8 Å². The molecule has 2 aromatic rings. The van der Waals surface area contributed by atoms with E-state index in [9.17, 15) is 13.2 Å². The molecule has 0 fully saturated rings. The van der Waals surface area contributed by atoms with Gasteiger partial charge in [-0.25, -0.2) is 8.42 Å². The summed E-state index contributed by atoms with van der Waals surface area (Å²) in [5.41, 5.74) is 1.55. The minimum atomic E-state index is -3.52. The van der Waals surface area contributed by atoms with Gasteiger partial charge in [0.05, 0.1) is 25.1 Å². The van der Waals surface area contributed by atoms with Gasteiger partial charge in [0.25, 0.3) is 5.91 Å². The van der Waals surface area contributed by atoms with Gasteiger partial charge in [-0.05, 0) is 43.0 Å². The van der Waals surface area contributed by atoms with Gasteiger partial charge in [-0.1, -0.05) is 37.3 Å². The molecule has 1 heterocycles. The van der Waals surface area contributed by atoms with E-state index >= 15 is 0 Å². The molecule has 0 bridgehead atoms. The van der Waals surface area contributed by atoms with Gasteiger partial charge in [0.2, 0.25) is 10.0 Å². The number of nitrogens with one attached hydrogen (secondary N) is 1. The molecule has 1 aliphatic heterocycles. The molecule has 0 aliphatic carbocycles. The lowest BCUT2D eigenvalue weighted by atomic mass is 10.1. The third-order valence-corrected chi connectivity index (χ3v) is 5.93. The van der Waals surface area contributed by atoms with Crippen LogP contribution >= 0.6 is 0 Å². The molecule has 1 N–H and O–H groups in total. The first kappa shape index (κ1) is 22.0. The van der Waals surface area contributed by atoms with Gasteiger partial charge >= 0.3 is 0 Å². The van der Waals surface area contributed by atoms with Crippen LogP contribution in [0.1, 0.15) is 25.3 Å². The highest BCUT2D eigenvalue weighted by Gasteiger charge is 2.34. The summed E-state index contributed by atoms with van der Waals surface area (Å²) < 4.78 is 37.1. The van der Waals surface area contributed by atoms with Crippen LogP contribution in [0.3, 0.4) is 0 Å². The molecule has 1 atom stereocenters. The fourth-order valence-corrected chi connectivity index (χ4v) is 4.23. The van der Waals surface area contributed by atoms with E-state index in [0.29, 0.717) is 24.6 Å². The Balaban J connectivity index is 1.56. The van der Waals surface area contributed by atoms with Crippen molar-refractivity contribution in [3.8, 4) is 11.5 Å². The van der Waals surface area contributed by atoms with E-state index in [-0.39, 0.29) is 12.5 Å². The molecule has 30 heavy (non-hydrogen) atoms. The van der Waals surface area contributed by atoms with Crippen molar-refractivity contribution in [2.45, 2.75) is 32.3 Å². The molecule has 162 valence electrons. The molecule has 7 nitrogen and oxygen atoms in total. The third-order valence-electron chi connectivity index (χ3n) is 4.78. The second-order valence-corrected chi connectivity index (χ2v) is 9.13. The number of para-hydroxylation sites is 3. The molecule has 8 heteroatoms. The predicted molar refractivity (Wildman–Crippen MR) is 117 cm³/mol. The monoisotopic (exact) mass is 432 g/mol. The fourth-order valence-electron chi connectivity index (χ4n) is 3.32. The number of sulfonamides is 1. The van der Waals surface area contributed by atoms with Crippen molar-refractivity contribution >= 4 is 21.6 Å². The summed E-state index contributed by atoms with van der Waals surface area (Å²) in [6.07, 6.45) is 2.68. The second kappa shape index (κ2) is 9.84. The Kier molecular flexibility index (Phi) is 7.20. The summed E-state index contributed by atoms with van der Waals surface area (Å²) in [6.45, 7) is 3.15. The lowest BCUT2D eigenvalue weighted by molar-refractivity contribution is -0.127. The molecule has 0 unspecified atom stereocenters. The molecule has 3 rings (SSSR count). The maximum Gasteiger partial charge on any atom is 0.263 e. The summed E-state index contributed by atoms with van der Waals surface area (Å²) >= 11 is 0. The number of carbonyl (C=O) groups excluding carboxylic acids is 1. The van der Waals surface area contributed by atoms with E-state index in [1.807, 2.05) is 24.3 Å². The number of nitrogens with zero attached hydrogens (tertiary/aromatic N) is 1. The number of rotatable bonds is 9. The van der Waals surface area contributed by atoms with Crippen LogP contribution in [0.2, 0.25) is 0 Å². The van der Waals surface area contributed by atoms with Crippen molar-refractivity contribution in [1.82, 2.24) is 5.32 Å². The average molecular weight is 433 g/mol. The highest BCUT2D eigenvalue weighted by molar-refractivity contribution is 7.92. The molecular formula is C22H28N2O5S. The lowest BCUT2D eigenvalue weighted by Gasteiger charge is -2.33. The number of aryl methyl sites for hydroxylation is 1. The topological polar surface area (TPSA) is 84.9 Å². The Morgan fingerprint density at radius 2 is 1.93 bits per heavy atom. The van der Waals surface area contributed by atoms with E-state index in [2.05, 4.69) is 12.2 Å². The fraction of sp³-hybridized carbons (Fsp3) is 0.409. The Labute approximate surface area is 178 Å². The first-order chi connectivity index (χ1) is 14.4. The maximum absolute atomic E-state index is 12.6. The van der Waals surface area contributed by atoms with E-state index < -0.39 is 16.1 Å². The van der Waals surface area contributed by atoms with Crippen LogP contribution in [0.25, 0.3) is 0 Å². The SMILES string of the molecule is CCCOc1ccccc1CCCNC(=O)[C@@H]1CN(S(C)(=O)=O)c2ccccc2O1. The zero-order chi connectivity index (χ0) is 21.6. The number of hydrogen-bond donors (Lipinski definition) is 1. The average Bonchev–Trinajstić information content (AvgIpc) is 2.74. The summed E-state index contributed by atoms with van der Waals surface area (Å²) in [5, 5.41) is 2.86. The molecule has 0 saturated heterocycles. The summed E-state index contributed by atoms with van der Waals surface area (Å²) in [7, 11) is -3.52. The highest BCUT2D eigenvalue weighted by atomic mass is 32.2. The van der Waals surface area contributed by atoms with Crippen molar-refractivity contribution in [3.63, 3.8) is 0 Å². The van der Waals surface area contributed by atoms with Crippen molar-refractivity contribution in [1.29, 1.82) is 0 Å². The Morgan fingerprint density at radius 3 is 2.70 bits per heavy atom. The van der Waals surface area contributed by atoms with E-state index in [4.69, 9.17) is 9.47 Å². The normalized spacial score (nSPS) is 15.8. The van der Waals surface area contributed by atoms with Gasteiger partial charge in [-0.2, -0.15) is 0 Å². The molecule has 2 aromatic carbocycles. The smallest absolute Gasteiger partial charge is 0.263 e. The number of benzene rings is 2. The van der Waals surface area contributed by atoms with Crippen molar-refractivity contribution in [2.75, 3.05) is 30.3 Å². The minimum Gasteiger partial charge on any atom is -0.493 e. The number of ether oxygens (including phenoxy) is 2. The third kappa shape index (κ3) is 5.44. The molecule has 0 spiro atoms. The van der Waals surface area contributed by atoms with Crippen LogP contribution < -0.4 is 19.1 Å². The van der Waals surface area contributed by atoms with E-state index in [0.717, 1.165) is 36.8 Å². The van der Waals surface area contributed by atoms with Gasteiger partial charge in [0.1, 0.15) is 11.5 Å². The highest BCUT2D eigenvalue weighted by Crippen LogP contribution is 2.34. The summed E-state index contributed by atoms with van der Waals surface area (Å²) in [6, 6.07) is 14.7. The minimum absolute atomic E-state index is 0.0463. The summed E-state index contributed by atoms with van der Waals surface area (Å²) in [5.74, 6) is 0.937. The Morgan fingerprint density at radius 1 is 1.20 bits per heavy atom. The number of anilines is 1. The largest absolute Gasteiger partial charge is 0.493 e. The number of carbonyl (C=O) groups is 1. The zero-order valence-electron chi connectivity index (χ0n) is 17.3. The van der Waals surface area contributed by atoms with Gasteiger partial charge in [-0.3, -0.25) is 9.10 Å². The van der Waals surface area contributed by atoms with Gasteiger partial charge in [0.15, 0.2) is 6.10 Å². The maximum atomic E-state index is 12.6. The lowest BCUT2D eigenvalue weighted by Crippen LogP contribution is -2.50. The molecular weight excluding hydrogens is 404 g/mol. The number of amides is 1. The predicted octanol–water partition coefficient (Wildman–Crippen LogP) is 2.75. The van der Waals surface area contributed by atoms with Crippen LogP contribution in [0.5, 0.6) is 11.5 Å². The van der Waals surface area contributed by atoms with Gasteiger partial charge in [-0.15, -0.1) is 0 Å². The number of fused-ring (bicyclic) bond motifs is 1. The van der Waals surface area contributed by atoms with Crippen LogP contribution in [0.4, 0.5) is 5.69 Å². The van der Waals surface area contributed by atoms with Crippen LogP contribution in [0.15, 0.2) is 48.5 Å². The second-order valence-electron chi connectivity index (χ2n) is 7.22. The van der Waals surface area contributed by atoms with E-state index in [1.165, 1.54) is 4.31 Å². The Hall–Kier alpha value is -2.74. The van der Waals surface area contributed by atoms with Crippen LogP contribution in [0, 0.1) is 0 Å². The standard InChI is InChI=1S/C22H28N2O5S/c1-3-15-28-19-12-6-4-9-17(19)10-8-14-23-22(25)21-16-24(30(2,26)27)18-11-5-7-13-20(18)29-21/h4-7,9,11-13,21H,3,8,10,14-16H2,1-2H3,(H,23,25)/t21-/m0/s1. The van der Waals surface area contributed by atoms with Crippen molar-refractivity contribution < 1.29 is 22.7 Å². The van der Waals surface area contributed by atoms with Crippen LogP contribution in [-0.2, 0) is 21.2 Å². The molecule has 0 radical (unpaired) electrons. The van der Waals surface area contributed by atoms with Crippen molar-refractivity contribution in [3.05, 3.63) is 54.1 Å². The first-order valence-corrected chi connectivity index (χ1v) is 12.0.